The number of furan rings is 1. The predicted molar refractivity (Wildman–Crippen MR) is 95.4 cm³/mol. The van der Waals surface area contributed by atoms with Gasteiger partial charge in [-0.05, 0) is 59.2 Å². The first kappa shape index (κ1) is 16.8. The fraction of sp³-hybridized carbons (Fsp3) is 0.412. The van der Waals surface area contributed by atoms with E-state index in [-0.39, 0.29) is 0 Å². The normalized spacial score (nSPS) is 11.0. The SMILES string of the molecule is CCCCCCNCc1ccc(-c2ccc(Br)cc2Br)o1. The molecule has 0 aliphatic carbocycles. The first-order valence-corrected chi connectivity index (χ1v) is 9.04. The standard InChI is InChI=1S/C17H21Br2NO/c1-2-3-4-5-10-20-12-14-7-9-17(21-14)15-8-6-13(18)11-16(15)19/h6-9,11,20H,2-5,10,12H2,1H3. The van der Waals surface area contributed by atoms with E-state index in [2.05, 4.69) is 50.2 Å². The molecule has 1 heterocycles. The van der Waals surface area contributed by atoms with Gasteiger partial charge in [0, 0.05) is 14.5 Å². The van der Waals surface area contributed by atoms with E-state index in [9.17, 15) is 0 Å². The van der Waals surface area contributed by atoms with Crippen LogP contribution in [0.5, 0.6) is 0 Å². The van der Waals surface area contributed by atoms with Crippen molar-refractivity contribution in [3.05, 3.63) is 45.0 Å². The maximum Gasteiger partial charge on any atom is 0.135 e. The third-order valence-corrected chi connectivity index (χ3v) is 4.51. The summed E-state index contributed by atoms with van der Waals surface area (Å²) in [5.41, 5.74) is 1.08. The Hall–Kier alpha value is -0.580. The second-order valence-electron chi connectivity index (χ2n) is 5.13. The van der Waals surface area contributed by atoms with Gasteiger partial charge in [0.25, 0.3) is 0 Å². The molecule has 1 aromatic heterocycles. The molecule has 0 radical (unpaired) electrons. The molecule has 0 unspecified atom stereocenters. The number of halogens is 2. The average Bonchev–Trinajstić information content (AvgIpc) is 2.91. The molecular weight excluding hydrogens is 394 g/mol. The lowest BCUT2D eigenvalue weighted by molar-refractivity contribution is 0.487. The Morgan fingerprint density at radius 3 is 2.67 bits per heavy atom. The number of benzene rings is 1. The smallest absolute Gasteiger partial charge is 0.135 e. The highest BCUT2D eigenvalue weighted by molar-refractivity contribution is 9.11. The van der Waals surface area contributed by atoms with Crippen LogP contribution in [0.1, 0.15) is 38.4 Å². The second-order valence-corrected chi connectivity index (χ2v) is 6.90. The quantitative estimate of drug-likeness (QED) is 0.524. The van der Waals surface area contributed by atoms with Gasteiger partial charge in [-0.25, -0.2) is 0 Å². The zero-order valence-electron chi connectivity index (χ0n) is 12.3. The Kier molecular flexibility index (Phi) is 7.00. The van der Waals surface area contributed by atoms with Crippen LogP contribution >= 0.6 is 31.9 Å². The van der Waals surface area contributed by atoms with Crippen LogP contribution in [-0.4, -0.2) is 6.54 Å². The molecule has 21 heavy (non-hydrogen) atoms. The van der Waals surface area contributed by atoms with Gasteiger partial charge in [-0.15, -0.1) is 0 Å². The molecule has 1 aromatic carbocycles. The summed E-state index contributed by atoms with van der Waals surface area (Å²) in [6.45, 7) is 4.08. The van der Waals surface area contributed by atoms with Gasteiger partial charge in [0.15, 0.2) is 0 Å². The van der Waals surface area contributed by atoms with Crippen LogP contribution in [0.25, 0.3) is 11.3 Å². The Morgan fingerprint density at radius 1 is 1.05 bits per heavy atom. The van der Waals surface area contributed by atoms with Crippen molar-refractivity contribution in [2.75, 3.05) is 6.54 Å². The third kappa shape index (κ3) is 5.28. The van der Waals surface area contributed by atoms with Crippen molar-refractivity contribution in [1.29, 1.82) is 0 Å². The van der Waals surface area contributed by atoms with E-state index >= 15 is 0 Å². The molecule has 0 saturated carbocycles. The van der Waals surface area contributed by atoms with E-state index in [1.807, 2.05) is 24.3 Å². The number of unbranched alkanes of at least 4 members (excludes halogenated alkanes) is 3. The first-order valence-electron chi connectivity index (χ1n) is 7.45. The van der Waals surface area contributed by atoms with Gasteiger partial charge in [-0.3, -0.25) is 0 Å². The topological polar surface area (TPSA) is 25.2 Å². The molecular formula is C17H21Br2NO. The van der Waals surface area contributed by atoms with Crippen LogP contribution in [0.4, 0.5) is 0 Å². The molecule has 0 bridgehead atoms. The van der Waals surface area contributed by atoms with Gasteiger partial charge >= 0.3 is 0 Å². The minimum absolute atomic E-state index is 0.792. The van der Waals surface area contributed by atoms with Crippen molar-refractivity contribution in [3.8, 4) is 11.3 Å². The van der Waals surface area contributed by atoms with Gasteiger partial charge in [0.1, 0.15) is 11.5 Å². The third-order valence-electron chi connectivity index (χ3n) is 3.36. The van der Waals surface area contributed by atoms with E-state index < -0.39 is 0 Å². The van der Waals surface area contributed by atoms with E-state index in [4.69, 9.17) is 4.42 Å². The summed E-state index contributed by atoms with van der Waals surface area (Å²) in [6, 6.07) is 10.2. The molecule has 2 rings (SSSR count). The van der Waals surface area contributed by atoms with Crippen molar-refractivity contribution in [2.45, 2.75) is 39.2 Å². The molecule has 0 amide bonds. The summed E-state index contributed by atoms with van der Waals surface area (Å²) in [7, 11) is 0. The molecule has 0 aliphatic rings. The predicted octanol–water partition coefficient (Wildman–Crippen LogP) is 6.14. The van der Waals surface area contributed by atoms with Crippen LogP contribution in [0.2, 0.25) is 0 Å². The van der Waals surface area contributed by atoms with E-state index in [0.717, 1.165) is 39.1 Å². The second kappa shape index (κ2) is 8.76. The molecule has 1 N–H and O–H groups in total. The van der Waals surface area contributed by atoms with Gasteiger partial charge in [0.2, 0.25) is 0 Å². The van der Waals surface area contributed by atoms with Gasteiger partial charge in [-0.2, -0.15) is 0 Å². The Bertz CT molecular complexity index is 566. The number of nitrogens with one attached hydrogen (secondary N) is 1. The molecule has 0 fully saturated rings. The molecule has 114 valence electrons. The van der Waals surface area contributed by atoms with Crippen LogP contribution in [0.15, 0.2) is 43.7 Å². The molecule has 4 heteroatoms. The number of rotatable bonds is 8. The summed E-state index contributed by atoms with van der Waals surface area (Å²) < 4.78 is 8.00. The van der Waals surface area contributed by atoms with Gasteiger partial charge < -0.3 is 9.73 Å². The first-order chi connectivity index (χ1) is 10.2. The van der Waals surface area contributed by atoms with Crippen LogP contribution in [0.3, 0.4) is 0 Å². The molecule has 0 aliphatic heterocycles. The lowest BCUT2D eigenvalue weighted by atomic mass is 10.2. The van der Waals surface area contributed by atoms with Crippen molar-refractivity contribution >= 4 is 31.9 Å². The molecule has 0 atom stereocenters. The fourth-order valence-electron chi connectivity index (χ4n) is 2.20. The largest absolute Gasteiger partial charge is 0.460 e. The highest BCUT2D eigenvalue weighted by atomic mass is 79.9. The summed E-state index contributed by atoms with van der Waals surface area (Å²) in [6.07, 6.45) is 5.15. The van der Waals surface area contributed by atoms with E-state index in [0.29, 0.717) is 0 Å². The summed E-state index contributed by atoms with van der Waals surface area (Å²) in [4.78, 5) is 0. The monoisotopic (exact) mass is 413 g/mol. The van der Waals surface area contributed by atoms with Crippen LogP contribution in [-0.2, 0) is 6.54 Å². The average molecular weight is 415 g/mol. The van der Waals surface area contributed by atoms with Crippen LogP contribution in [0, 0.1) is 0 Å². The zero-order valence-corrected chi connectivity index (χ0v) is 15.5. The molecule has 0 spiro atoms. The Labute approximate surface area is 143 Å². The van der Waals surface area contributed by atoms with Crippen molar-refractivity contribution < 1.29 is 4.42 Å². The van der Waals surface area contributed by atoms with E-state index in [1.165, 1.54) is 25.7 Å². The van der Waals surface area contributed by atoms with Gasteiger partial charge in [0.05, 0.1) is 6.54 Å². The Morgan fingerprint density at radius 2 is 1.90 bits per heavy atom. The minimum Gasteiger partial charge on any atom is -0.460 e. The highest BCUT2D eigenvalue weighted by Crippen LogP contribution is 2.31. The summed E-state index contributed by atoms with van der Waals surface area (Å²) in [5, 5.41) is 3.44. The molecule has 2 aromatic rings. The maximum absolute atomic E-state index is 5.91. The summed E-state index contributed by atoms with van der Waals surface area (Å²) in [5.74, 6) is 1.88. The van der Waals surface area contributed by atoms with Crippen molar-refractivity contribution in [2.24, 2.45) is 0 Å². The Balaban J connectivity index is 1.86. The summed E-state index contributed by atoms with van der Waals surface area (Å²) >= 11 is 7.04. The fourth-order valence-corrected chi connectivity index (χ4v) is 3.44. The highest BCUT2D eigenvalue weighted by Gasteiger charge is 2.08. The lowest BCUT2D eigenvalue weighted by Crippen LogP contribution is -2.14. The van der Waals surface area contributed by atoms with Gasteiger partial charge in [-0.1, -0.05) is 42.1 Å². The zero-order chi connectivity index (χ0) is 15.1. The van der Waals surface area contributed by atoms with Crippen molar-refractivity contribution in [3.63, 3.8) is 0 Å². The van der Waals surface area contributed by atoms with Crippen LogP contribution < -0.4 is 5.32 Å². The molecule has 0 saturated heterocycles. The van der Waals surface area contributed by atoms with Crippen molar-refractivity contribution in [1.82, 2.24) is 5.32 Å². The van der Waals surface area contributed by atoms with E-state index in [1.54, 1.807) is 0 Å². The number of hydrogen-bond donors (Lipinski definition) is 1. The lowest BCUT2D eigenvalue weighted by Gasteiger charge is -2.03. The maximum atomic E-state index is 5.91. The minimum atomic E-state index is 0.792. The number of hydrogen-bond acceptors (Lipinski definition) is 2. The molecule has 2 nitrogen and oxygen atoms in total.